The summed E-state index contributed by atoms with van der Waals surface area (Å²) in [6.45, 7) is 22.3. The summed E-state index contributed by atoms with van der Waals surface area (Å²) < 4.78 is 6.45. The van der Waals surface area contributed by atoms with E-state index in [0.717, 1.165) is 102 Å². The van der Waals surface area contributed by atoms with Gasteiger partial charge < -0.3 is 20.5 Å². The Labute approximate surface area is 370 Å². The van der Waals surface area contributed by atoms with Gasteiger partial charge in [-0.1, -0.05) is 92.3 Å². The molecule has 7 aliphatic carbocycles. The molecule has 0 bridgehead atoms. The van der Waals surface area contributed by atoms with Crippen molar-refractivity contribution in [3.05, 3.63) is 46.0 Å². The molecular weight excluding hydrogens is 784 g/mol. The third kappa shape index (κ3) is 6.99. The topological polar surface area (TPSA) is 122 Å². The summed E-state index contributed by atoms with van der Waals surface area (Å²) in [4.78, 5) is 53.1. The molecule has 1 aromatic rings. The number of esters is 1. The molecule has 336 valence electrons. The van der Waals surface area contributed by atoms with Crippen LogP contribution in [-0.4, -0.2) is 53.5 Å². The van der Waals surface area contributed by atoms with Crippen LogP contribution in [0.5, 0.6) is 0 Å². The predicted octanol–water partition coefficient (Wildman–Crippen LogP) is 11.0. The number of Topliss-reactive ketones (excluding diaryl/α,β-unsaturated/α-hetero) is 1. The molecule has 0 unspecified atom stereocenters. The second-order valence-electron chi connectivity index (χ2n) is 23.6. The normalized spacial score (nSPS) is 39.4. The number of carboxylic acids is 1. The van der Waals surface area contributed by atoms with Crippen molar-refractivity contribution in [2.24, 2.45) is 68.0 Å². The highest BCUT2D eigenvalue weighted by Crippen LogP contribution is 2.77. The van der Waals surface area contributed by atoms with Crippen LogP contribution in [0, 0.1) is 68.0 Å². The molecule has 3 N–H and O–H groups in total. The lowest BCUT2D eigenvalue weighted by Crippen LogP contribution is -2.66. The fourth-order valence-electron chi connectivity index (χ4n) is 16.2. The van der Waals surface area contributed by atoms with Gasteiger partial charge in [-0.2, -0.15) is 0 Å². The van der Waals surface area contributed by atoms with Crippen LogP contribution in [0.15, 0.2) is 35.4 Å². The number of benzene rings is 1. The van der Waals surface area contributed by atoms with Crippen molar-refractivity contribution in [2.75, 3.05) is 13.1 Å². The first kappa shape index (κ1) is 44.9. The predicted molar refractivity (Wildman–Crippen MR) is 240 cm³/mol. The highest BCUT2D eigenvalue weighted by atomic mass is 35.5. The van der Waals surface area contributed by atoms with Crippen molar-refractivity contribution in [1.29, 1.82) is 0 Å². The maximum absolute atomic E-state index is 14.3. The van der Waals surface area contributed by atoms with Crippen molar-refractivity contribution in [1.82, 2.24) is 10.6 Å². The van der Waals surface area contributed by atoms with Gasteiger partial charge in [-0.05, 0) is 159 Å². The number of carbonyl (C=O) groups is 4. The zero-order chi connectivity index (χ0) is 44.1. The van der Waals surface area contributed by atoms with Crippen LogP contribution >= 0.6 is 11.6 Å². The number of aliphatic carboxylic acids is 1. The summed E-state index contributed by atoms with van der Waals surface area (Å²) in [5, 5.41) is 17.6. The summed E-state index contributed by atoms with van der Waals surface area (Å²) in [7, 11) is 0. The lowest BCUT2D eigenvalue weighted by Gasteiger charge is -2.72. The van der Waals surface area contributed by atoms with Crippen molar-refractivity contribution in [3.63, 3.8) is 0 Å². The van der Waals surface area contributed by atoms with Gasteiger partial charge >= 0.3 is 11.9 Å². The van der Waals surface area contributed by atoms with Gasteiger partial charge in [0.2, 0.25) is 0 Å². The van der Waals surface area contributed by atoms with E-state index in [9.17, 15) is 24.3 Å². The smallest absolute Gasteiger partial charge is 0.309 e. The molecule has 10 atom stereocenters. The summed E-state index contributed by atoms with van der Waals surface area (Å²) in [6, 6.07) is 7.13. The molecule has 1 aromatic carbocycles. The fourth-order valence-corrected chi connectivity index (χ4v) is 16.3. The standard InChI is InChI=1S/C52H75ClN2O6/c1-31(2)41-37(56)29-51(26-27-54-30-52(20-10-11-21-52)55-43(57)32-12-14-33(53)15-13-32)25-24-49(8)34(42(41)51)16-17-39-48(7)22-19-40(47(5,6)38(48)18-23-50(39,49)9)61-45(60)36-28-35(44(58)59)46(36,3)4/h12-15,31,34-36,38-40,54H,10-11,16-30H2,1-9H3,(H,55,57)(H,58,59)/t34-,35+,36-,38+,39-,40+,48+,49-,50-,51-/m1/s1. The summed E-state index contributed by atoms with van der Waals surface area (Å²) in [6.07, 6.45) is 14.5. The van der Waals surface area contributed by atoms with E-state index in [1.165, 1.54) is 5.57 Å². The number of fused-ring (bicyclic) bond motifs is 7. The molecule has 0 saturated heterocycles. The Morgan fingerprint density at radius 3 is 2.15 bits per heavy atom. The van der Waals surface area contributed by atoms with Gasteiger partial charge in [-0.15, -0.1) is 0 Å². The largest absolute Gasteiger partial charge is 0.481 e. The molecule has 0 aromatic heterocycles. The van der Waals surface area contributed by atoms with Gasteiger partial charge in [0.25, 0.3) is 5.91 Å². The van der Waals surface area contributed by atoms with E-state index in [-0.39, 0.29) is 62.4 Å². The van der Waals surface area contributed by atoms with Gasteiger partial charge in [0.15, 0.2) is 5.78 Å². The first-order valence-corrected chi connectivity index (χ1v) is 24.4. The molecule has 9 heteroatoms. The van der Waals surface area contributed by atoms with E-state index in [2.05, 4.69) is 59.1 Å². The maximum atomic E-state index is 14.3. The minimum Gasteiger partial charge on any atom is -0.481 e. The van der Waals surface area contributed by atoms with Crippen LogP contribution < -0.4 is 10.6 Å². The molecule has 0 radical (unpaired) electrons. The fraction of sp³-hybridized carbons (Fsp3) is 0.769. The molecule has 8 rings (SSSR count). The molecule has 6 saturated carbocycles. The zero-order valence-electron chi connectivity index (χ0n) is 38.7. The average Bonchev–Trinajstić information content (AvgIpc) is 3.76. The van der Waals surface area contributed by atoms with Crippen molar-refractivity contribution in [2.45, 2.75) is 170 Å². The van der Waals surface area contributed by atoms with Crippen LogP contribution in [0.2, 0.25) is 5.02 Å². The maximum Gasteiger partial charge on any atom is 0.309 e. The number of carboxylic acid groups (broad SMARTS) is 1. The Morgan fingerprint density at radius 2 is 1.51 bits per heavy atom. The van der Waals surface area contributed by atoms with Gasteiger partial charge in [-0.25, -0.2) is 0 Å². The Bertz CT molecular complexity index is 1960. The van der Waals surface area contributed by atoms with Gasteiger partial charge in [0.1, 0.15) is 6.10 Å². The lowest BCUT2D eigenvalue weighted by molar-refractivity contribution is -0.236. The molecule has 6 fully saturated rings. The number of ether oxygens (including phenoxy) is 1. The number of rotatable bonds is 11. The van der Waals surface area contributed by atoms with E-state index < -0.39 is 17.3 Å². The third-order valence-corrected chi connectivity index (χ3v) is 20.2. The molecule has 7 aliphatic rings. The van der Waals surface area contributed by atoms with E-state index in [1.54, 1.807) is 24.3 Å². The summed E-state index contributed by atoms with van der Waals surface area (Å²) in [5.74, 6) is -0.0486. The summed E-state index contributed by atoms with van der Waals surface area (Å²) >= 11 is 6.11. The Hall–Kier alpha value is -2.71. The first-order valence-electron chi connectivity index (χ1n) is 24.1. The molecule has 0 heterocycles. The number of hydrogen-bond acceptors (Lipinski definition) is 6. The second kappa shape index (κ2) is 15.5. The highest BCUT2D eigenvalue weighted by molar-refractivity contribution is 6.30. The molecule has 8 nitrogen and oxygen atoms in total. The van der Waals surface area contributed by atoms with E-state index in [0.29, 0.717) is 47.0 Å². The molecule has 0 spiro atoms. The first-order chi connectivity index (χ1) is 28.6. The molecule has 0 aliphatic heterocycles. The van der Waals surface area contributed by atoms with E-state index >= 15 is 0 Å². The number of carbonyl (C=O) groups excluding carboxylic acids is 3. The number of nitrogens with one attached hydrogen (secondary N) is 2. The number of halogens is 1. The van der Waals surface area contributed by atoms with Crippen molar-refractivity contribution >= 4 is 35.2 Å². The Balaban J connectivity index is 0.983. The van der Waals surface area contributed by atoms with Crippen molar-refractivity contribution < 1.29 is 29.0 Å². The lowest BCUT2D eigenvalue weighted by atomic mass is 9.33. The van der Waals surface area contributed by atoms with Crippen LogP contribution in [0.3, 0.4) is 0 Å². The SMILES string of the molecule is CC(C)C1=C2[C@H]3CC[C@@H]4[C@@]5(C)CC[C@H](OC(=O)[C@H]6C[C@@H](C(=O)O)C6(C)C)C(C)(C)[C@@H]5CC[C@@]4(C)[C@]3(C)CC[C@@]2(CCNCC2(NC(=O)c3ccc(Cl)cc3)CCCC2)CC1=O. The minimum absolute atomic E-state index is 0.0453. The zero-order valence-corrected chi connectivity index (χ0v) is 39.5. The molecule has 1 amide bonds. The van der Waals surface area contributed by atoms with Gasteiger partial charge in [-0.3, -0.25) is 19.2 Å². The van der Waals surface area contributed by atoms with Crippen LogP contribution in [0.1, 0.15) is 169 Å². The Kier molecular flexibility index (Phi) is 11.4. The third-order valence-electron chi connectivity index (χ3n) is 19.9. The number of hydrogen-bond donors (Lipinski definition) is 3. The summed E-state index contributed by atoms with van der Waals surface area (Å²) in [5.41, 5.74) is 2.39. The molecular formula is C52H75ClN2O6. The van der Waals surface area contributed by atoms with Gasteiger partial charge in [0, 0.05) is 34.4 Å². The quantitative estimate of drug-likeness (QED) is 0.150. The van der Waals surface area contributed by atoms with Crippen LogP contribution in [-0.2, 0) is 19.1 Å². The number of allylic oxidation sites excluding steroid dienone is 2. The second-order valence-corrected chi connectivity index (χ2v) is 24.1. The van der Waals surface area contributed by atoms with E-state index in [1.807, 2.05) is 13.8 Å². The Morgan fingerprint density at radius 1 is 0.820 bits per heavy atom. The number of amides is 1. The highest BCUT2D eigenvalue weighted by Gasteiger charge is 2.70. The van der Waals surface area contributed by atoms with E-state index in [4.69, 9.17) is 16.3 Å². The monoisotopic (exact) mass is 859 g/mol. The average molecular weight is 860 g/mol. The molecule has 61 heavy (non-hydrogen) atoms. The van der Waals surface area contributed by atoms with Crippen LogP contribution in [0.4, 0.5) is 0 Å². The van der Waals surface area contributed by atoms with Crippen LogP contribution in [0.25, 0.3) is 0 Å². The minimum atomic E-state index is -0.823. The van der Waals surface area contributed by atoms with Crippen molar-refractivity contribution in [3.8, 4) is 0 Å². The van der Waals surface area contributed by atoms with Gasteiger partial charge in [0.05, 0.1) is 17.4 Å². The number of ketones is 1.